The number of esters is 1. The Labute approximate surface area is 124 Å². The van der Waals surface area contributed by atoms with Crippen LogP contribution in [0.25, 0.3) is 0 Å². The molecule has 0 aromatic heterocycles. The van der Waals surface area contributed by atoms with Gasteiger partial charge in [0.15, 0.2) is 0 Å². The Morgan fingerprint density at radius 2 is 1.90 bits per heavy atom. The summed E-state index contributed by atoms with van der Waals surface area (Å²) in [6.07, 6.45) is 4.32. The van der Waals surface area contributed by atoms with Gasteiger partial charge < -0.3 is 10.1 Å². The molecule has 0 saturated heterocycles. The number of nitrogens with zero attached hydrogens (tertiary/aromatic N) is 2. The molecule has 0 aliphatic rings. The zero-order valence-corrected chi connectivity index (χ0v) is 11.9. The van der Waals surface area contributed by atoms with E-state index in [1.165, 1.54) is 6.20 Å². The topological polar surface area (TPSA) is 85.9 Å². The van der Waals surface area contributed by atoms with Crippen LogP contribution in [0.15, 0.2) is 36.0 Å². The van der Waals surface area contributed by atoms with Gasteiger partial charge in [0.05, 0.1) is 12.2 Å². The number of carbonyl (C=O) groups is 1. The molecule has 108 valence electrons. The van der Waals surface area contributed by atoms with Gasteiger partial charge in [0.2, 0.25) is 0 Å². The number of nitrogens with one attached hydrogen (secondary N) is 1. The number of nitriles is 2. The lowest BCUT2D eigenvalue weighted by Gasteiger charge is -2.05. The SMILES string of the molecule is CCCCCOC(=O)c1ccc(NC=C(C#N)C#N)cc1. The molecule has 0 amide bonds. The van der Waals surface area contributed by atoms with Crippen LogP contribution in [-0.2, 0) is 4.74 Å². The number of anilines is 1. The summed E-state index contributed by atoms with van der Waals surface area (Å²) in [5, 5.41) is 20.0. The molecule has 1 aromatic rings. The van der Waals surface area contributed by atoms with Gasteiger partial charge in [0.1, 0.15) is 17.7 Å². The van der Waals surface area contributed by atoms with E-state index in [0.717, 1.165) is 19.3 Å². The van der Waals surface area contributed by atoms with E-state index in [9.17, 15) is 4.79 Å². The molecule has 0 unspecified atom stereocenters. The molecule has 1 aromatic carbocycles. The lowest BCUT2D eigenvalue weighted by molar-refractivity contribution is 0.0498. The van der Waals surface area contributed by atoms with E-state index < -0.39 is 0 Å². The van der Waals surface area contributed by atoms with E-state index in [2.05, 4.69) is 12.2 Å². The third kappa shape index (κ3) is 5.80. The maximum atomic E-state index is 11.7. The normalized spacial score (nSPS) is 9.10. The van der Waals surface area contributed by atoms with Crippen molar-refractivity contribution in [1.29, 1.82) is 10.5 Å². The Kier molecular flexibility index (Phi) is 7.10. The van der Waals surface area contributed by atoms with Crippen molar-refractivity contribution >= 4 is 11.7 Å². The van der Waals surface area contributed by atoms with Crippen LogP contribution in [0.4, 0.5) is 5.69 Å². The van der Waals surface area contributed by atoms with E-state index in [-0.39, 0.29) is 11.5 Å². The van der Waals surface area contributed by atoms with Gasteiger partial charge >= 0.3 is 5.97 Å². The van der Waals surface area contributed by atoms with E-state index in [1.807, 2.05) is 0 Å². The van der Waals surface area contributed by atoms with Gasteiger partial charge in [0.25, 0.3) is 0 Å². The highest BCUT2D eigenvalue weighted by Crippen LogP contribution is 2.11. The van der Waals surface area contributed by atoms with Crippen molar-refractivity contribution in [3.63, 3.8) is 0 Å². The van der Waals surface area contributed by atoms with Crippen LogP contribution in [0.2, 0.25) is 0 Å². The highest BCUT2D eigenvalue weighted by atomic mass is 16.5. The van der Waals surface area contributed by atoms with Crippen LogP contribution in [0.5, 0.6) is 0 Å². The zero-order valence-electron chi connectivity index (χ0n) is 11.9. The third-order valence-electron chi connectivity index (χ3n) is 2.73. The summed E-state index contributed by atoms with van der Waals surface area (Å²) in [6.45, 7) is 2.52. The summed E-state index contributed by atoms with van der Waals surface area (Å²) in [4.78, 5) is 11.7. The fourth-order valence-corrected chi connectivity index (χ4v) is 1.55. The van der Waals surface area contributed by atoms with Crippen LogP contribution in [0.3, 0.4) is 0 Å². The molecule has 0 aliphatic carbocycles. The molecule has 0 saturated carbocycles. The van der Waals surface area contributed by atoms with Gasteiger partial charge in [-0.1, -0.05) is 19.8 Å². The average Bonchev–Trinajstić information content (AvgIpc) is 2.53. The molecule has 21 heavy (non-hydrogen) atoms. The first-order valence-corrected chi connectivity index (χ1v) is 6.75. The van der Waals surface area contributed by atoms with Crippen LogP contribution < -0.4 is 5.32 Å². The number of unbranched alkanes of at least 4 members (excludes halogenated alkanes) is 2. The largest absolute Gasteiger partial charge is 0.462 e. The van der Waals surface area contributed by atoms with Crippen LogP contribution in [-0.4, -0.2) is 12.6 Å². The summed E-state index contributed by atoms with van der Waals surface area (Å²) >= 11 is 0. The third-order valence-corrected chi connectivity index (χ3v) is 2.73. The van der Waals surface area contributed by atoms with Gasteiger partial charge in [-0.2, -0.15) is 10.5 Å². The molecule has 0 aliphatic heterocycles. The number of carbonyl (C=O) groups excluding carboxylic acids is 1. The number of rotatable bonds is 7. The van der Waals surface area contributed by atoms with Gasteiger partial charge in [-0.05, 0) is 30.7 Å². The van der Waals surface area contributed by atoms with Crippen LogP contribution in [0.1, 0.15) is 36.5 Å². The Balaban J connectivity index is 2.54. The van der Waals surface area contributed by atoms with Gasteiger partial charge in [-0.3, -0.25) is 0 Å². The molecule has 0 radical (unpaired) electrons. The van der Waals surface area contributed by atoms with Gasteiger partial charge in [0, 0.05) is 11.9 Å². The second kappa shape index (κ2) is 9.17. The number of hydrogen-bond acceptors (Lipinski definition) is 5. The van der Waals surface area contributed by atoms with E-state index in [1.54, 1.807) is 36.4 Å². The minimum Gasteiger partial charge on any atom is -0.462 e. The molecule has 5 nitrogen and oxygen atoms in total. The second-order valence-electron chi connectivity index (χ2n) is 4.35. The summed E-state index contributed by atoms with van der Waals surface area (Å²) < 4.78 is 5.15. The molecule has 0 heterocycles. The molecule has 5 heteroatoms. The van der Waals surface area contributed by atoms with E-state index >= 15 is 0 Å². The molecular formula is C16H17N3O2. The fraction of sp³-hybridized carbons (Fsp3) is 0.312. The van der Waals surface area contributed by atoms with E-state index in [0.29, 0.717) is 17.9 Å². The predicted molar refractivity (Wildman–Crippen MR) is 79.2 cm³/mol. The molecule has 1 N–H and O–H groups in total. The first kappa shape index (κ1) is 16.3. The first-order chi connectivity index (χ1) is 10.2. The maximum absolute atomic E-state index is 11.7. The number of ether oxygens (including phenoxy) is 1. The Morgan fingerprint density at radius 3 is 2.48 bits per heavy atom. The number of hydrogen-bond donors (Lipinski definition) is 1. The number of allylic oxidation sites excluding steroid dienone is 1. The average molecular weight is 283 g/mol. The summed E-state index contributed by atoms with van der Waals surface area (Å²) in [5.41, 5.74) is 1.14. The first-order valence-electron chi connectivity index (χ1n) is 6.75. The quantitative estimate of drug-likeness (QED) is 0.471. The second-order valence-corrected chi connectivity index (χ2v) is 4.35. The van der Waals surface area contributed by atoms with Crippen molar-refractivity contribution < 1.29 is 9.53 Å². The minimum absolute atomic E-state index is 0.0191. The standard InChI is InChI=1S/C16H17N3O2/c1-2-3-4-9-21-16(20)14-5-7-15(8-6-14)19-12-13(10-17)11-18/h5-8,12,19H,2-4,9H2,1H3. The molecule has 0 fully saturated rings. The van der Waals surface area contributed by atoms with Crippen molar-refractivity contribution in [3.05, 3.63) is 41.6 Å². The monoisotopic (exact) mass is 283 g/mol. The Hall–Kier alpha value is -2.79. The van der Waals surface area contributed by atoms with Gasteiger partial charge in [-0.25, -0.2) is 4.79 Å². The highest BCUT2D eigenvalue weighted by molar-refractivity contribution is 5.89. The van der Waals surface area contributed by atoms with Gasteiger partial charge in [-0.15, -0.1) is 0 Å². The van der Waals surface area contributed by atoms with Crippen molar-refractivity contribution in [1.82, 2.24) is 0 Å². The maximum Gasteiger partial charge on any atom is 0.338 e. The van der Waals surface area contributed by atoms with Crippen molar-refractivity contribution in [2.24, 2.45) is 0 Å². The smallest absolute Gasteiger partial charge is 0.338 e. The molecule has 1 rings (SSSR count). The number of benzene rings is 1. The summed E-state index contributed by atoms with van der Waals surface area (Å²) in [5.74, 6) is -0.345. The summed E-state index contributed by atoms with van der Waals surface area (Å²) in [6, 6.07) is 10.1. The fourth-order valence-electron chi connectivity index (χ4n) is 1.55. The zero-order chi connectivity index (χ0) is 15.5. The van der Waals surface area contributed by atoms with Crippen LogP contribution in [0, 0.1) is 22.7 Å². The molecule has 0 bridgehead atoms. The lowest BCUT2D eigenvalue weighted by Crippen LogP contribution is -2.06. The lowest BCUT2D eigenvalue weighted by atomic mass is 10.2. The minimum atomic E-state index is -0.345. The van der Waals surface area contributed by atoms with Crippen molar-refractivity contribution in [2.45, 2.75) is 26.2 Å². The predicted octanol–water partition coefficient (Wildman–Crippen LogP) is 3.38. The molecular weight excluding hydrogens is 266 g/mol. The van der Waals surface area contributed by atoms with Crippen molar-refractivity contribution in [3.8, 4) is 12.1 Å². The Morgan fingerprint density at radius 1 is 1.24 bits per heavy atom. The highest BCUT2D eigenvalue weighted by Gasteiger charge is 2.06. The summed E-state index contributed by atoms with van der Waals surface area (Å²) in [7, 11) is 0. The molecule has 0 atom stereocenters. The molecule has 0 spiro atoms. The van der Waals surface area contributed by atoms with E-state index in [4.69, 9.17) is 15.3 Å². The Bertz CT molecular complexity index is 561. The van der Waals surface area contributed by atoms with Crippen LogP contribution >= 0.6 is 0 Å². The van der Waals surface area contributed by atoms with Crippen molar-refractivity contribution in [2.75, 3.05) is 11.9 Å².